The van der Waals surface area contributed by atoms with Crippen LogP contribution in [0.2, 0.25) is 0 Å². The normalized spacial score (nSPS) is 13.1. The monoisotopic (exact) mass is 307 g/mol. The first-order valence-corrected chi connectivity index (χ1v) is 7.75. The third kappa shape index (κ3) is 6.35. The van der Waals surface area contributed by atoms with Gasteiger partial charge in [0, 0.05) is 25.2 Å². The van der Waals surface area contributed by atoms with Crippen LogP contribution in [-0.4, -0.2) is 39.3 Å². The summed E-state index contributed by atoms with van der Waals surface area (Å²) in [4.78, 5) is 4.21. The van der Waals surface area contributed by atoms with Crippen molar-refractivity contribution in [2.24, 2.45) is 10.9 Å². The lowest BCUT2D eigenvalue weighted by atomic mass is 10.1. The Bertz CT molecular complexity index is 461. The fourth-order valence-electron chi connectivity index (χ4n) is 1.82. The molecule has 0 aliphatic carbocycles. The van der Waals surface area contributed by atoms with Gasteiger partial charge in [0.05, 0.1) is 20.3 Å². The first-order chi connectivity index (χ1) is 10.6. The van der Waals surface area contributed by atoms with Crippen molar-refractivity contribution in [2.75, 3.05) is 27.3 Å². The molecule has 1 rings (SSSR count). The molecule has 124 valence electrons. The zero-order valence-electron chi connectivity index (χ0n) is 14.3. The summed E-state index contributed by atoms with van der Waals surface area (Å²) in [5.74, 6) is 2.22. The molecule has 0 bridgehead atoms. The molecule has 0 amide bonds. The number of nitrogens with zero attached hydrogens (tertiary/aromatic N) is 1. The van der Waals surface area contributed by atoms with Gasteiger partial charge < -0.3 is 20.1 Å². The van der Waals surface area contributed by atoms with Gasteiger partial charge >= 0.3 is 0 Å². The van der Waals surface area contributed by atoms with Crippen LogP contribution in [0.1, 0.15) is 26.3 Å². The van der Waals surface area contributed by atoms with Crippen LogP contribution in [-0.2, 0) is 11.3 Å². The van der Waals surface area contributed by atoms with Gasteiger partial charge in [0.1, 0.15) is 5.75 Å². The number of hydrogen-bond acceptors (Lipinski definition) is 3. The molecule has 1 aromatic rings. The molecule has 1 unspecified atom stereocenters. The van der Waals surface area contributed by atoms with E-state index in [2.05, 4.69) is 36.4 Å². The molecule has 5 heteroatoms. The summed E-state index contributed by atoms with van der Waals surface area (Å²) in [7, 11) is 3.45. The van der Waals surface area contributed by atoms with Crippen LogP contribution in [0.4, 0.5) is 0 Å². The fraction of sp³-hybridized carbons (Fsp3) is 0.588. The number of nitrogens with one attached hydrogen (secondary N) is 2. The minimum Gasteiger partial charge on any atom is -0.496 e. The molecule has 5 nitrogen and oxygen atoms in total. The zero-order valence-corrected chi connectivity index (χ0v) is 14.3. The fourth-order valence-corrected chi connectivity index (χ4v) is 1.82. The topological polar surface area (TPSA) is 54.9 Å². The highest BCUT2D eigenvalue weighted by molar-refractivity contribution is 5.79. The maximum Gasteiger partial charge on any atom is 0.191 e. The SMILES string of the molecule is CN=C(NCCOCc1ccccc1OC)NC(C)C(C)C. The minimum absolute atomic E-state index is 0.376. The third-order valence-corrected chi connectivity index (χ3v) is 3.58. The molecule has 1 aromatic carbocycles. The summed E-state index contributed by atoms with van der Waals surface area (Å²) in [5, 5.41) is 6.61. The second kappa shape index (κ2) is 10.1. The second-order valence-corrected chi connectivity index (χ2v) is 5.54. The highest BCUT2D eigenvalue weighted by Crippen LogP contribution is 2.17. The Balaban J connectivity index is 2.27. The molecule has 0 aromatic heterocycles. The molecule has 0 spiro atoms. The van der Waals surface area contributed by atoms with Crippen LogP contribution in [0.5, 0.6) is 5.75 Å². The van der Waals surface area contributed by atoms with Crippen molar-refractivity contribution in [1.82, 2.24) is 10.6 Å². The number of methoxy groups -OCH3 is 1. The summed E-state index contributed by atoms with van der Waals surface area (Å²) in [6.07, 6.45) is 0. The van der Waals surface area contributed by atoms with Crippen LogP contribution in [0.25, 0.3) is 0 Å². The molecular weight excluding hydrogens is 278 g/mol. The van der Waals surface area contributed by atoms with Crippen molar-refractivity contribution >= 4 is 5.96 Å². The first-order valence-electron chi connectivity index (χ1n) is 7.75. The Morgan fingerprint density at radius 1 is 1.23 bits per heavy atom. The van der Waals surface area contributed by atoms with E-state index < -0.39 is 0 Å². The van der Waals surface area contributed by atoms with Gasteiger partial charge in [0.2, 0.25) is 0 Å². The average molecular weight is 307 g/mol. The molecule has 0 aliphatic rings. The Morgan fingerprint density at radius 2 is 1.95 bits per heavy atom. The van der Waals surface area contributed by atoms with Crippen molar-refractivity contribution < 1.29 is 9.47 Å². The van der Waals surface area contributed by atoms with E-state index in [1.54, 1.807) is 14.2 Å². The highest BCUT2D eigenvalue weighted by Gasteiger charge is 2.08. The Hall–Kier alpha value is -1.75. The number of rotatable bonds is 8. The molecule has 1 atom stereocenters. The quantitative estimate of drug-likeness (QED) is 0.440. The molecule has 2 N–H and O–H groups in total. The number of benzene rings is 1. The lowest BCUT2D eigenvalue weighted by molar-refractivity contribution is 0.123. The lowest BCUT2D eigenvalue weighted by Crippen LogP contribution is -2.45. The molecule has 0 saturated carbocycles. The van der Waals surface area contributed by atoms with Crippen molar-refractivity contribution in [2.45, 2.75) is 33.4 Å². The van der Waals surface area contributed by atoms with E-state index in [0.717, 1.165) is 17.3 Å². The van der Waals surface area contributed by atoms with Crippen molar-refractivity contribution in [3.05, 3.63) is 29.8 Å². The maximum atomic E-state index is 5.68. The van der Waals surface area contributed by atoms with E-state index in [4.69, 9.17) is 9.47 Å². The Kier molecular flexibility index (Phi) is 8.36. The summed E-state index contributed by atoms with van der Waals surface area (Å²) in [6, 6.07) is 8.27. The lowest BCUT2D eigenvalue weighted by Gasteiger charge is -2.20. The zero-order chi connectivity index (χ0) is 16.4. The molecule has 0 fully saturated rings. The molecule has 0 saturated heterocycles. The van der Waals surface area contributed by atoms with E-state index in [-0.39, 0.29) is 0 Å². The van der Waals surface area contributed by atoms with Gasteiger partial charge in [-0.2, -0.15) is 0 Å². The third-order valence-electron chi connectivity index (χ3n) is 3.58. The number of guanidine groups is 1. The Morgan fingerprint density at radius 3 is 2.59 bits per heavy atom. The summed E-state index contributed by atoms with van der Waals surface area (Å²) in [6.45, 7) is 8.37. The highest BCUT2D eigenvalue weighted by atomic mass is 16.5. The van der Waals surface area contributed by atoms with E-state index in [1.165, 1.54) is 0 Å². The second-order valence-electron chi connectivity index (χ2n) is 5.54. The van der Waals surface area contributed by atoms with E-state index >= 15 is 0 Å². The maximum absolute atomic E-state index is 5.68. The van der Waals surface area contributed by atoms with E-state index in [0.29, 0.717) is 31.7 Å². The standard InChI is InChI=1S/C17H29N3O2/c1-13(2)14(3)20-17(18-4)19-10-11-22-12-15-8-6-7-9-16(15)21-5/h6-9,13-14H,10-12H2,1-5H3,(H2,18,19,20). The number of ether oxygens (including phenoxy) is 2. The average Bonchev–Trinajstić information content (AvgIpc) is 2.53. The van der Waals surface area contributed by atoms with Gasteiger partial charge in [0.25, 0.3) is 0 Å². The molecule has 22 heavy (non-hydrogen) atoms. The largest absolute Gasteiger partial charge is 0.496 e. The number of aliphatic imine (C=N–C) groups is 1. The predicted molar refractivity (Wildman–Crippen MR) is 91.4 cm³/mol. The van der Waals surface area contributed by atoms with Gasteiger partial charge in [-0.3, -0.25) is 4.99 Å². The van der Waals surface area contributed by atoms with Crippen molar-refractivity contribution in [1.29, 1.82) is 0 Å². The van der Waals surface area contributed by atoms with E-state index in [1.807, 2.05) is 24.3 Å². The summed E-state index contributed by atoms with van der Waals surface area (Å²) in [5.41, 5.74) is 1.06. The predicted octanol–water partition coefficient (Wildman–Crippen LogP) is 2.42. The van der Waals surface area contributed by atoms with Crippen molar-refractivity contribution in [3.63, 3.8) is 0 Å². The summed E-state index contributed by atoms with van der Waals surface area (Å²) < 4.78 is 11.0. The molecule has 0 radical (unpaired) electrons. The van der Waals surface area contributed by atoms with Crippen LogP contribution in [0.15, 0.2) is 29.3 Å². The molecule has 0 heterocycles. The smallest absolute Gasteiger partial charge is 0.191 e. The van der Waals surface area contributed by atoms with Gasteiger partial charge in [0.15, 0.2) is 5.96 Å². The van der Waals surface area contributed by atoms with Crippen LogP contribution >= 0.6 is 0 Å². The van der Waals surface area contributed by atoms with Crippen LogP contribution in [0.3, 0.4) is 0 Å². The Labute approximate surface area is 134 Å². The van der Waals surface area contributed by atoms with Crippen molar-refractivity contribution in [3.8, 4) is 5.75 Å². The summed E-state index contributed by atoms with van der Waals surface area (Å²) >= 11 is 0. The molecule has 0 aliphatic heterocycles. The molecular formula is C17H29N3O2. The van der Waals surface area contributed by atoms with Crippen LogP contribution in [0, 0.1) is 5.92 Å². The van der Waals surface area contributed by atoms with Gasteiger partial charge in [-0.25, -0.2) is 0 Å². The first kappa shape index (κ1) is 18.3. The van der Waals surface area contributed by atoms with Gasteiger partial charge in [-0.1, -0.05) is 32.0 Å². The van der Waals surface area contributed by atoms with E-state index in [9.17, 15) is 0 Å². The number of hydrogen-bond donors (Lipinski definition) is 2. The van der Waals surface area contributed by atoms with Crippen LogP contribution < -0.4 is 15.4 Å². The van der Waals surface area contributed by atoms with Gasteiger partial charge in [-0.05, 0) is 18.9 Å². The number of para-hydroxylation sites is 1. The van der Waals surface area contributed by atoms with Gasteiger partial charge in [-0.15, -0.1) is 0 Å². The minimum atomic E-state index is 0.376.